The molecule has 0 spiro atoms. The number of carbonyl (C=O) groups excluding carboxylic acids is 3. The van der Waals surface area contributed by atoms with Gasteiger partial charge in [0.2, 0.25) is 12.6 Å². The Labute approximate surface area is 185 Å². The van der Waals surface area contributed by atoms with Gasteiger partial charge in [-0.1, -0.05) is 6.07 Å². The Bertz CT molecular complexity index is 898. The minimum absolute atomic E-state index is 0.190. The number of aliphatic carboxylic acids is 1. The molecule has 0 bridgehead atoms. The third-order valence-electron chi connectivity index (χ3n) is 5.54. The molecule has 32 heavy (non-hydrogen) atoms. The number of ketones is 1. The molecule has 0 saturated carbocycles. The Kier molecular flexibility index (Phi) is 7.22. The highest BCUT2D eigenvalue weighted by atomic mass is 16.7. The molecule has 0 aromatic heterocycles. The van der Waals surface area contributed by atoms with Gasteiger partial charge in [0.15, 0.2) is 11.5 Å². The first kappa shape index (κ1) is 23.4. The molecule has 10 heteroatoms. The van der Waals surface area contributed by atoms with Crippen LogP contribution in [-0.4, -0.2) is 66.3 Å². The first-order valence-corrected chi connectivity index (χ1v) is 10.6. The number of rotatable bonds is 8. The highest BCUT2D eigenvalue weighted by Gasteiger charge is 2.41. The van der Waals surface area contributed by atoms with E-state index >= 15 is 0 Å². The summed E-state index contributed by atoms with van der Waals surface area (Å²) in [5.74, 6) is -1.41. The van der Waals surface area contributed by atoms with Crippen molar-refractivity contribution in [3.05, 3.63) is 23.8 Å². The van der Waals surface area contributed by atoms with Crippen LogP contribution in [-0.2, 0) is 25.5 Å². The lowest BCUT2D eigenvalue weighted by molar-refractivity contribution is -0.158. The van der Waals surface area contributed by atoms with Crippen LogP contribution in [0.25, 0.3) is 0 Å². The Morgan fingerprint density at radius 3 is 2.69 bits per heavy atom. The second-order valence-corrected chi connectivity index (χ2v) is 8.50. The van der Waals surface area contributed by atoms with Crippen molar-refractivity contribution in [1.82, 2.24) is 10.2 Å². The van der Waals surface area contributed by atoms with Gasteiger partial charge in [0.25, 0.3) is 5.91 Å². The van der Waals surface area contributed by atoms with Crippen LogP contribution < -0.4 is 14.8 Å². The molecule has 2 N–H and O–H groups in total. The molecule has 1 aromatic rings. The summed E-state index contributed by atoms with van der Waals surface area (Å²) in [6.45, 7) is 3.40. The van der Waals surface area contributed by atoms with E-state index in [2.05, 4.69) is 5.32 Å². The zero-order valence-electron chi connectivity index (χ0n) is 18.2. The lowest BCUT2D eigenvalue weighted by Gasteiger charge is -2.34. The molecule has 0 radical (unpaired) electrons. The van der Waals surface area contributed by atoms with Gasteiger partial charge in [0, 0.05) is 13.1 Å². The fourth-order valence-electron chi connectivity index (χ4n) is 3.62. The van der Waals surface area contributed by atoms with Crippen molar-refractivity contribution in [3.8, 4) is 11.5 Å². The predicted octanol–water partition coefficient (Wildman–Crippen LogP) is 1.74. The summed E-state index contributed by atoms with van der Waals surface area (Å²) < 4.78 is 15.7. The van der Waals surface area contributed by atoms with Crippen molar-refractivity contribution >= 4 is 23.8 Å². The molecular formula is C22H28N2O8. The van der Waals surface area contributed by atoms with Gasteiger partial charge >= 0.3 is 12.1 Å². The van der Waals surface area contributed by atoms with E-state index < -0.39 is 35.2 Å². The van der Waals surface area contributed by atoms with Crippen molar-refractivity contribution in [2.45, 2.75) is 45.6 Å². The van der Waals surface area contributed by atoms with E-state index in [1.54, 1.807) is 6.07 Å². The van der Waals surface area contributed by atoms with Gasteiger partial charge in [-0.3, -0.25) is 9.59 Å². The average Bonchev–Trinajstić information content (AvgIpc) is 3.24. The summed E-state index contributed by atoms with van der Waals surface area (Å²) >= 11 is 0. The number of Topliss-reactive ketones (excluding diaryl/α,β-unsaturated/α-hetero) is 1. The Morgan fingerprint density at radius 2 is 1.94 bits per heavy atom. The molecule has 10 nitrogen and oxygen atoms in total. The summed E-state index contributed by atoms with van der Waals surface area (Å²) in [6.07, 6.45) is 1.48. The fourth-order valence-corrected chi connectivity index (χ4v) is 3.62. The average molecular weight is 448 g/mol. The van der Waals surface area contributed by atoms with Crippen molar-refractivity contribution < 1.29 is 38.5 Å². The van der Waals surface area contributed by atoms with Crippen molar-refractivity contribution in [3.63, 3.8) is 0 Å². The Balaban J connectivity index is 1.45. The van der Waals surface area contributed by atoms with Crippen LogP contribution in [0.3, 0.4) is 0 Å². The van der Waals surface area contributed by atoms with Crippen molar-refractivity contribution in [1.29, 1.82) is 0 Å². The van der Waals surface area contributed by atoms with Crippen LogP contribution in [0.4, 0.5) is 4.79 Å². The number of likely N-dealkylation sites (tertiary alicyclic amines) is 1. The van der Waals surface area contributed by atoms with Gasteiger partial charge < -0.3 is 29.5 Å². The highest BCUT2D eigenvalue weighted by molar-refractivity contribution is 6.38. The van der Waals surface area contributed by atoms with Crippen LogP contribution in [0.5, 0.6) is 11.5 Å². The zero-order chi connectivity index (χ0) is 23.3. The first-order chi connectivity index (χ1) is 15.2. The number of alkyl carbamates (subject to hydrolysis) is 1. The molecule has 2 amide bonds. The maximum absolute atomic E-state index is 12.7. The highest BCUT2D eigenvalue weighted by Crippen LogP contribution is 2.32. The molecular weight excluding hydrogens is 420 g/mol. The van der Waals surface area contributed by atoms with Gasteiger partial charge in [-0.2, -0.15) is 0 Å². The number of carbonyl (C=O) groups is 4. The number of nitrogens with one attached hydrogen (secondary N) is 1. The molecule has 3 rings (SSSR count). The summed E-state index contributed by atoms with van der Waals surface area (Å²) in [7, 11) is 0. The lowest BCUT2D eigenvalue weighted by atomic mass is 9.87. The molecule has 174 valence electrons. The molecule has 2 aliphatic rings. The van der Waals surface area contributed by atoms with Gasteiger partial charge in [0.05, 0.1) is 5.41 Å². The molecule has 0 aliphatic carbocycles. The van der Waals surface area contributed by atoms with E-state index in [4.69, 9.17) is 14.2 Å². The molecule has 2 heterocycles. The number of fused-ring (bicyclic) bond motifs is 1. The van der Waals surface area contributed by atoms with Crippen LogP contribution in [0.1, 0.15) is 38.7 Å². The van der Waals surface area contributed by atoms with Crippen molar-refractivity contribution in [2.75, 3.05) is 26.5 Å². The zero-order valence-corrected chi connectivity index (χ0v) is 18.2. The van der Waals surface area contributed by atoms with Crippen molar-refractivity contribution in [2.24, 2.45) is 5.41 Å². The van der Waals surface area contributed by atoms with E-state index in [9.17, 15) is 24.3 Å². The van der Waals surface area contributed by atoms with E-state index in [0.717, 1.165) is 10.5 Å². The Morgan fingerprint density at radius 1 is 1.19 bits per heavy atom. The molecule has 1 fully saturated rings. The van der Waals surface area contributed by atoms with Gasteiger partial charge in [-0.15, -0.1) is 0 Å². The lowest BCUT2D eigenvalue weighted by Crippen LogP contribution is -2.53. The van der Waals surface area contributed by atoms with E-state index in [1.165, 1.54) is 13.8 Å². The number of nitrogens with zero attached hydrogens (tertiary/aromatic N) is 1. The smallest absolute Gasteiger partial charge is 0.407 e. The van der Waals surface area contributed by atoms with Crippen LogP contribution in [0.2, 0.25) is 0 Å². The second kappa shape index (κ2) is 9.88. The first-order valence-electron chi connectivity index (χ1n) is 10.6. The Hall–Kier alpha value is -3.30. The summed E-state index contributed by atoms with van der Waals surface area (Å²) in [5, 5.41) is 11.9. The number of hydrogen-bond donors (Lipinski definition) is 2. The molecule has 2 aliphatic heterocycles. The third kappa shape index (κ3) is 5.49. The number of amides is 2. The number of benzene rings is 1. The quantitative estimate of drug-likeness (QED) is 0.575. The minimum Gasteiger partial charge on any atom is -0.480 e. The maximum atomic E-state index is 12.7. The second-order valence-electron chi connectivity index (χ2n) is 8.50. The standard InChI is InChI=1S/C22H28N2O8/c1-22(2,18(25)19(26)24-10-4-3-5-15(24)20(27)28)12-30-21(29)23-9-8-14-6-7-16-17(11-14)32-13-31-16/h6-7,11,15H,3-5,8-10,12-13H2,1-2H3,(H,23,29)(H,27,28)/t15-/m0/s1. The monoisotopic (exact) mass is 448 g/mol. The van der Waals surface area contributed by atoms with E-state index in [-0.39, 0.29) is 19.9 Å². The number of hydrogen-bond acceptors (Lipinski definition) is 7. The van der Waals surface area contributed by atoms with Crippen LogP contribution in [0.15, 0.2) is 18.2 Å². The normalized spacial score (nSPS) is 17.6. The molecule has 1 saturated heterocycles. The SMILES string of the molecule is CC(C)(COC(=O)NCCc1ccc2c(c1)OCO2)C(=O)C(=O)N1CCCC[C@H]1C(=O)O. The van der Waals surface area contributed by atoms with Crippen LogP contribution in [0, 0.1) is 5.41 Å². The van der Waals surface area contributed by atoms with Gasteiger partial charge in [-0.05, 0) is 57.2 Å². The maximum Gasteiger partial charge on any atom is 0.407 e. The van der Waals surface area contributed by atoms with E-state index in [1.807, 2.05) is 12.1 Å². The third-order valence-corrected chi connectivity index (χ3v) is 5.54. The molecule has 1 aromatic carbocycles. The van der Waals surface area contributed by atoms with Gasteiger partial charge in [0.1, 0.15) is 12.6 Å². The fraction of sp³-hybridized carbons (Fsp3) is 0.545. The largest absolute Gasteiger partial charge is 0.480 e. The van der Waals surface area contributed by atoms with Gasteiger partial charge in [-0.25, -0.2) is 9.59 Å². The number of ether oxygens (including phenoxy) is 3. The van der Waals surface area contributed by atoms with E-state index in [0.29, 0.717) is 43.7 Å². The summed E-state index contributed by atoms with van der Waals surface area (Å²) in [4.78, 5) is 49.9. The summed E-state index contributed by atoms with van der Waals surface area (Å²) in [5.41, 5.74) is -0.336. The van der Waals surface area contributed by atoms with Crippen LogP contribution >= 0.6 is 0 Å². The summed E-state index contributed by atoms with van der Waals surface area (Å²) in [6, 6.07) is 4.52. The minimum atomic E-state index is -1.29. The molecule has 1 atom stereocenters. The number of carboxylic acid groups (broad SMARTS) is 1. The predicted molar refractivity (Wildman–Crippen MR) is 111 cm³/mol. The number of piperidine rings is 1. The molecule has 0 unspecified atom stereocenters. The number of carboxylic acids is 1. The topological polar surface area (TPSA) is 131 Å².